The largest absolute Gasteiger partial charge is 0.381 e. The molecule has 0 saturated carbocycles. The van der Waals surface area contributed by atoms with E-state index in [4.69, 9.17) is 4.74 Å². The summed E-state index contributed by atoms with van der Waals surface area (Å²) in [6.07, 6.45) is 6.71. The van der Waals surface area contributed by atoms with Gasteiger partial charge in [-0.2, -0.15) is 4.31 Å². The van der Waals surface area contributed by atoms with Crippen LogP contribution in [-0.2, 0) is 21.8 Å². The van der Waals surface area contributed by atoms with Crippen LogP contribution in [0, 0.1) is 0 Å². The van der Waals surface area contributed by atoms with Crippen molar-refractivity contribution in [3.8, 4) is 0 Å². The van der Waals surface area contributed by atoms with Crippen LogP contribution >= 0.6 is 0 Å². The van der Waals surface area contributed by atoms with Crippen LogP contribution in [0.15, 0.2) is 17.6 Å². The number of imidazole rings is 1. The first-order valence-corrected chi connectivity index (χ1v) is 8.00. The lowest BCUT2D eigenvalue weighted by Crippen LogP contribution is -2.48. The lowest BCUT2D eigenvalue weighted by Gasteiger charge is -2.36. The molecule has 1 aromatic heterocycles. The number of fused-ring (bicyclic) bond motifs is 2. The Balaban J connectivity index is 1.91. The van der Waals surface area contributed by atoms with Crippen molar-refractivity contribution >= 4 is 10.0 Å². The van der Waals surface area contributed by atoms with E-state index in [1.165, 1.54) is 6.33 Å². The van der Waals surface area contributed by atoms with Crippen molar-refractivity contribution in [1.29, 1.82) is 0 Å². The second-order valence-electron chi connectivity index (χ2n) is 5.43. The summed E-state index contributed by atoms with van der Waals surface area (Å²) in [4.78, 5) is 4.00. The predicted molar refractivity (Wildman–Crippen MR) is 69.1 cm³/mol. The summed E-state index contributed by atoms with van der Waals surface area (Å²) in [6.45, 7) is 0. The Labute approximate surface area is 113 Å². The van der Waals surface area contributed by atoms with Gasteiger partial charge in [0, 0.05) is 32.4 Å². The van der Waals surface area contributed by atoms with Crippen molar-refractivity contribution in [2.24, 2.45) is 7.05 Å². The van der Waals surface area contributed by atoms with E-state index in [-0.39, 0.29) is 23.2 Å². The molecule has 106 valence electrons. The first-order chi connectivity index (χ1) is 9.02. The van der Waals surface area contributed by atoms with E-state index in [0.717, 1.165) is 25.7 Å². The standard InChI is InChI=1S/C12H19N3O3S/c1-14-7-12(13-8-14)19(16,17)15-9-3-4-10(15)6-11(5-9)18-2/h7-11H,3-6H2,1-2H3. The van der Waals surface area contributed by atoms with E-state index in [2.05, 4.69) is 4.98 Å². The molecule has 19 heavy (non-hydrogen) atoms. The Hall–Kier alpha value is -0.920. The molecule has 2 aliphatic heterocycles. The van der Waals surface area contributed by atoms with Gasteiger partial charge < -0.3 is 9.30 Å². The maximum atomic E-state index is 12.7. The molecule has 2 bridgehead atoms. The maximum Gasteiger partial charge on any atom is 0.262 e. The molecule has 2 aliphatic rings. The monoisotopic (exact) mass is 285 g/mol. The number of aromatic nitrogens is 2. The van der Waals surface area contributed by atoms with Crippen LogP contribution in [0.1, 0.15) is 25.7 Å². The molecule has 6 nitrogen and oxygen atoms in total. The van der Waals surface area contributed by atoms with Crippen LogP contribution in [0.25, 0.3) is 0 Å². The van der Waals surface area contributed by atoms with E-state index in [1.54, 1.807) is 29.2 Å². The zero-order valence-corrected chi connectivity index (χ0v) is 12.0. The molecule has 2 fully saturated rings. The second-order valence-corrected chi connectivity index (χ2v) is 7.22. The molecule has 0 amide bonds. The minimum Gasteiger partial charge on any atom is -0.381 e. The van der Waals surface area contributed by atoms with Gasteiger partial charge in [0.2, 0.25) is 0 Å². The number of hydrogen-bond acceptors (Lipinski definition) is 4. The Morgan fingerprint density at radius 1 is 1.32 bits per heavy atom. The molecule has 7 heteroatoms. The third-order valence-corrected chi connectivity index (χ3v) is 6.07. The minimum atomic E-state index is -3.46. The van der Waals surface area contributed by atoms with Crippen LogP contribution in [0.3, 0.4) is 0 Å². The summed E-state index contributed by atoms with van der Waals surface area (Å²) >= 11 is 0. The average molecular weight is 285 g/mol. The van der Waals surface area contributed by atoms with Gasteiger partial charge in [-0.25, -0.2) is 13.4 Å². The third kappa shape index (κ3) is 2.09. The third-order valence-electron chi connectivity index (χ3n) is 4.18. The van der Waals surface area contributed by atoms with Gasteiger partial charge in [0.15, 0.2) is 5.03 Å². The summed E-state index contributed by atoms with van der Waals surface area (Å²) in [5.41, 5.74) is 0. The Morgan fingerprint density at radius 2 is 1.95 bits per heavy atom. The fourth-order valence-corrected chi connectivity index (χ4v) is 5.16. The molecular weight excluding hydrogens is 266 g/mol. The highest BCUT2D eigenvalue weighted by Gasteiger charge is 2.47. The Kier molecular flexibility index (Phi) is 3.15. The molecule has 0 aliphatic carbocycles. The van der Waals surface area contributed by atoms with Crippen molar-refractivity contribution in [3.63, 3.8) is 0 Å². The van der Waals surface area contributed by atoms with Crippen molar-refractivity contribution in [3.05, 3.63) is 12.5 Å². The summed E-state index contributed by atoms with van der Waals surface area (Å²) in [5.74, 6) is 0. The molecule has 0 spiro atoms. The Bertz CT molecular complexity index is 555. The molecular formula is C12H19N3O3S. The van der Waals surface area contributed by atoms with Crippen LogP contribution < -0.4 is 0 Å². The lowest BCUT2D eigenvalue weighted by atomic mass is 10.0. The SMILES string of the molecule is COC1CC2CCC(C1)N2S(=O)(=O)c1cn(C)cn1. The molecule has 0 N–H and O–H groups in total. The first-order valence-electron chi connectivity index (χ1n) is 6.56. The van der Waals surface area contributed by atoms with E-state index in [1.807, 2.05) is 0 Å². The van der Waals surface area contributed by atoms with E-state index in [0.29, 0.717) is 0 Å². The summed E-state index contributed by atoms with van der Waals surface area (Å²) in [6, 6.07) is 0.131. The molecule has 3 rings (SSSR count). The second kappa shape index (κ2) is 4.57. The quantitative estimate of drug-likeness (QED) is 0.822. The van der Waals surface area contributed by atoms with Crippen LogP contribution in [0.2, 0.25) is 0 Å². The molecule has 1 aromatic rings. The van der Waals surface area contributed by atoms with Gasteiger partial charge in [0.05, 0.1) is 12.4 Å². The number of rotatable bonds is 3. The van der Waals surface area contributed by atoms with Gasteiger partial charge in [-0.3, -0.25) is 0 Å². The fourth-order valence-electron chi connectivity index (χ4n) is 3.30. The number of sulfonamides is 1. The minimum absolute atomic E-state index is 0.0655. The highest BCUT2D eigenvalue weighted by atomic mass is 32.2. The zero-order valence-electron chi connectivity index (χ0n) is 11.2. The molecule has 3 heterocycles. The average Bonchev–Trinajstić information content (AvgIpc) is 2.92. The molecule has 0 aromatic carbocycles. The molecule has 2 atom stereocenters. The van der Waals surface area contributed by atoms with Crippen molar-refractivity contribution in [2.75, 3.05) is 7.11 Å². The molecule has 2 unspecified atom stereocenters. The van der Waals surface area contributed by atoms with Crippen molar-refractivity contribution < 1.29 is 13.2 Å². The smallest absolute Gasteiger partial charge is 0.262 e. The summed E-state index contributed by atoms with van der Waals surface area (Å²) in [7, 11) is 0.0141. The maximum absolute atomic E-state index is 12.7. The van der Waals surface area contributed by atoms with Crippen LogP contribution in [-0.4, -0.2) is 47.6 Å². The van der Waals surface area contributed by atoms with Gasteiger partial charge in [0.1, 0.15) is 0 Å². The first kappa shape index (κ1) is 13.1. The van der Waals surface area contributed by atoms with Gasteiger partial charge in [-0.05, 0) is 25.7 Å². The lowest BCUT2D eigenvalue weighted by molar-refractivity contribution is 0.0348. The topological polar surface area (TPSA) is 64.4 Å². The van der Waals surface area contributed by atoms with Gasteiger partial charge in [0.25, 0.3) is 10.0 Å². The Morgan fingerprint density at radius 3 is 2.42 bits per heavy atom. The van der Waals surface area contributed by atoms with Crippen LogP contribution in [0.5, 0.6) is 0 Å². The number of methoxy groups -OCH3 is 1. The summed E-state index contributed by atoms with van der Waals surface area (Å²) < 4.78 is 34.1. The summed E-state index contributed by atoms with van der Waals surface area (Å²) in [5, 5.41) is 0.155. The van der Waals surface area contributed by atoms with Crippen molar-refractivity contribution in [2.45, 2.75) is 48.9 Å². The molecule has 0 radical (unpaired) electrons. The number of piperidine rings is 1. The number of aryl methyl sites for hydroxylation is 1. The number of ether oxygens (including phenoxy) is 1. The van der Waals surface area contributed by atoms with Gasteiger partial charge in [-0.15, -0.1) is 0 Å². The van der Waals surface area contributed by atoms with Gasteiger partial charge in [-0.1, -0.05) is 0 Å². The van der Waals surface area contributed by atoms with Gasteiger partial charge >= 0.3 is 0 Å². The van der Waals surface area contributed by atoms with Crippen LogP contribution in [0.4, 0.5) is 0 Å². The number of nitrogens with zero attached hydrogens (tertiary/aromatic N) is 3. The fraction of sp³-hybridized carbons (Fsp3) is 0.750. The van der Waals surface area contributed by atoms with E-state index in [9.17, 15) is 8.42 Å². The van der Waals surface area contributed by atoms with Crippen molar-refractivity contribution in [1.82, 2.24) is 13.9 Å². The number of hydrogen-bond donors (Lipinski definition) is 0. The van der Waals surface area contributed by atoms with E-state index < -0.39 is 10.0 Å². The normalized spacial score (nSPS) is 31.8. The highest BCUT2D eigenvalue weighted by molar-refractivity contribution is 7.89. The van der Waals surface area contributed by atoms with E-state index >= 15 is 0 Å². The predicted octanol–water partition coefficient (Wildman–Crippen LogP) is 0.751. The molecule has 2 saturated heterocycles. The zero-order chi connectivity index (χ0) is 13.6. The highest BCUT2D eigenvalue weighted by Crippen LogP contribution is 2.40.